The quantitative estimate of drug-likeness (QED) is 0.598. The fraction of sp³-hybridized carbons (Fsp3) is 0.176. The van der Waals surface area contributed by atoms with Gasteiger partial charge in [-0.25, -0.2) is 4.98 Å². The summed E-state index contributed by atoms with van der Waals surface area (Å²) in [5, 5.41) is 0.521. The fourth-order valence-corrected chi connectivity index (χ4v) is 4.18. The number of halogens is 1. The zero-order chi connectivity index (χ0) is 17.8. The van der Waals surface area contributed by atoms with Crippen LogP contribution in [0.5, 0.6) is 0 Å². The molecule has 25 heavy (non-hydrogen) atoms. The van der Waals surface area contributed by atoms with Crippen LogP contribution in [0.1, 0.15) is 12.6 Å². The fourth-order valence-electron chi connectivity index (χ4n) is 2.16. The standard InChI is InChI=1S/C17H14BrN3O2S2/c1-11(22)24-10-16(23)21(9-13-4-2-3-7-19-13)17-20-14-6-5-12(18)8-15(14)25-17/h2-8H,9-10H2,1H3. The summed E-state index contributed by atoms with van der Waals surface area (Å²) in [6.45, 7) is 1.77. The Morgan fingerprint density at radius 3 is 2.84 bits per heavy atom. The van der Waals surface area contributed by atoms with Gasteiger partial charge in [-0.1, -0.05) is 45.1 Å². The second-order valence-electron chi connectivity index (χ2n) is 5.19. The number of hydrogen-bond acceptors (Lipinski definition) is 6. The third-order valence-electron chi connectivity index (χ3n) is 3.32. The van der Waals surface area contributed by atoms with Gasteiger partial charge in [-0.3, -0.25) is 19.5 Å². The van der Waals surface area contributed by atoms with Crippen LogP contribution in [0, 0.1) is 0 Å². The van der Waals surface area contributed by atoms with E-state index in [4.69, 9.17) is 0 Å². The van der Waals surface area contributed by atoms with Crippen molar-refractivity contribution >= 4 is 65.4 Å². The molecule has 0 unspecified atom stereocenters. The molecular weight excluding hydrogens is 422 g/mol. The summed E-state index contributed by atoms with van der Waals surface area (Å²) in [6, 6.07) is 11.4. The summed E-state index contributed by atoms with van der Waals surface area (Å²) < 4.78 is 1.95. The van der Waals surface area contributed by atoms with Crippen LogP contribution in [-0.2, 0) is 16.1 Å². The second kappa shape index (κ2) is 8.07. The van der Waals surface area contributed by atoms with Gasteiger partial charge in [0.1, 0.15) is 0 Å². The summed E-state index contributed by atoms with van der Waals surface area (Å²) in [4.78, 5) is 34.3. The normalized spacial score (nSPS) is 10.8. The molecule has 8 heteroatoms. The van der Waals surface area contributed by atoms with Crippen molar-refractivity contribution in [1.29, 1.82) is 0 Å². The van der Waals surface area contributed by atoms with Crippen LogP contribution in [0.3, 0.4) is 0 Å². The van der Waals surface area contributed by atoms with Gasteiger partial charge in [0.2, 0.25) is 5.91 Å². The third kappa shape index (κ3) is 4.65. The van der Waals surface area contributed by atoms with E-state index in [0.717, 1.165) is 32.1 Å². The number of aromatic nitrogens is 2. The molecule has 0 saturated carbocycles. The maximum Gasteiger partial charge on any atom is 0.239 e. The third-order valence-corrected chi connectivity index (χ3v) is 5.65. The number of carbonyl (C=O) groups is 2. The molecule has 0 aliphatic rings. The lowest BCUT2D eigenvalue weighted by Gasteiger charge is -2.19. The van der Waals surface area contributed by atoms with Crippen molar-refractivity contribution in [2.24, 2.45) is 0 Å². The number of thioether (sulfide) groups is 1. The highest BCUT2D eigenvalue weighted by atomic mass is 79.9. The van der Waals surface area contributed by atoms with Crippen LogP contribution in [0.4, 0.5) is 5.13 Å². The maximum absolute atomic E-state index is 12.7. The number of benzene rings is 1. The predicted molar refractivity (Wildman–Crippen MR) is 106 cm³/mol. The van der Waals surface area contributed by atoms with Crippen LogP contribution in [0.2, 0.25) is 0 Å². The summed E-state index contributed by atoms with van der Waals surface area (Å²) in [7, 11) is 0. The Bertz CT molecular complexity index is 915. The van der Waals surface area contributed by atoms with Gasteiger partial charge >= 0.3 is 0 Å². The minimum Gasteiger partial charge on any atom is -0.288 e. The van der Waals surface area contributed by atoms with E-state index in [2.05, 4.69) is 25.9 Å². The Balaban J connectivity index is 1.93. The number of thiazole rings is 1. The van der Waals surface area contributed by atoms with Gasteiger partial charge in [0, 0.05) is 17.6 Å². The van der Waals surface area contributed by atoms with Crippen LogP contribution in [0.15, 0.2) is 47.1 Å². The first kappa shape index (κ1) is 18.0. The number of anilines is 1. The van der Waals surface area contributed by atoms with E-state index >= 15 is 0 Å². The highest BCUT2D eigenvalue weighted by Crippen LogP contribution is 2.32. The molecule has 2 aromatic heterocycles. The highest BCUT2D eigenvalue weighted by molar-refractivity contribution is 9.10. The number of rotatable bonds is 5. The molecule has 1 amide bonds. The van der Waals surface area contributed by atoms with E-state index in [1.54, 1.807) is 11.1 Å². The van der Waals surface area contributed by atoms with Crippen molar-refractivity contribution in [3.8, 4) is 0 Å². The van der Waals surface area contributed by atoms with E-state index in [1.807, 2.05) is 36.4 Å². The van der Waals surface area contributed by atoms with Crippen molar-refractivity contribution in [2.45, 2.75) is 13.5 Å². The van der Waals surface area contributed by atoms with Crippen molar-refractivity contribution in [3.63, 3.8) is 0 Å². The summed E-state index contributed by atoms with van der Waals surface area (Å²) in [5.41, 5.74) is 1.60. The van der Waals surface area contributed by atoms with Gasteiger partial charge in [0.25, 0.3) is 0 Å². The van der Waals surface area contributed by atoms with Crippen LogP contribution in [-0.4, -0.2) is 26.7 Å². The number of carbonyl (C=O) groups excluding carboxylic acids is 2. The zero-order valence-corrected chi connectivity index (χ0v) is 16.5. The average Bonchev–Trinajstić information content (AvgIpc) is 3.01. The molecule has 0 spiro atoms. The molecule has 0 atom stereocenters. The second-order valence-corrected chi connectivity index (χ2v) is 8.27. The molecule has 3 aromatic rings. The molecule has 0 N–H and O–H groups in total. The first-order valence-corrected chi connectivity index (χ1v) is 10.0. The number of hydrogen-bond donors (Lipinski definition) is 0. The monoisotopic (exact) mass is 435 g/mol. The molecule has 3 rings (SSSR count). The Morgan fingerprint density at radius 1 is 1.28 bits per heavy atom. The molecule has 1 aromatic carbocycles. The van der Waals surface area contributed by atoms with E-state index in [9.17, 15) is 9.59 Å². The Kier molecular flexibility index (Phi) is 5.82. The van der Waals surface area contributed by atoms with E-state index in [0.29, 0.717) is 11.7 Å². The largest absolute Gasteiger partial charge is 0.288 e. The molecule has 0 radical (unpaired) electrons. The van der Waals surface area contributed by atoms with E-state index < -0.39 is 0 Å². The van der Waals surface area contributed by atoms with Gasteiger partial charge in [0.05, 0.1) is 28.2 Å². The molecule has 0 aliphatic carbocycles. The number of amides is 1. The Morgan fingerprint density at radius 2 is 2.12 bits per heavy atom. The van der Waals surface area contributed by atoms with Gasteiger partial charge in [-0.05, 0) is 30.3 Å². The number of fused-ring (bicyclic) bond motifs is 1. The van der Waals surface area contributed by atoms with Crippen molar-refractivity contribution < 1.29 is 9.59 Å². The minimum absolute atomic E-state index is 0.0839. The SMILES string of the molecule is CC(=O)SCC(=O)N(Cc1ccccn1)c1nc2ccc(Br)cc2s1. The first-order chi connectivity index (χ1) is 12.0. The zero-order valence-electron chi connectivity index (χ0n) is 13.3. The number of pyridine rings is 1. The van der Waals surface area contributed by atoms with Gasteiger partial charge < -0.3 is 0 Å². The molecular formula is C17H14BrN3O2S2. The molecule has 0 fully saturated rings. The lowest BCUT2D eigenvalue weighted by molar-refractivity contribution is -0.116. The smallest absolute Gasteiger partial charge is 0.239 e. The van der Waals surface area contributed by atoms with E-state index in [-0.39, 0.29) is 16.8 Å². The molecule has 0 aliphatic heterocycles. The molecule has 0 saturated heterocycles. The lowest BCUT2D eigenvalue weighted by atomic mass is 10.3. The Labute approximate surface area is 161 Å². The summed E-state index contributed by atoms with van der Waals surface area (Å²) >= 11 is 5.89. The Hall–Kier alpha value is -1.77. The molecule has 128 valence electrons. The van der Waals surface area contributed by atoms with Crippen molar-refractivity contribution in [3.05, 3.63) is 52.8 Å². The molecule has 2 heterocycles. The predicted octanol–water partition coefficient (Wildman–Crippen LogP) is 4.27. The van der Waals surface area contributed by atoms with Crippen LogP contribution >= 0.6 is 39.0 Å². The topological polar surface area (TPSA) is 63.2 Å². The minimum atomic E-state index is -0.163. The lowest BCUT2D eigenvalue weighted by Crippen LogP contribution is -2.32. The van der Waals surface area contributed by atoms with Gasteiger partial charge in [-0.15, -0.1) is 0 Å². The van der Waals surface area contributed by atoms with Gasteiger partial charge in [0.15, 0.2) is 10.2 Å². The summed E-state index contributed by atoms with van der Waals surface area (Å²) in [5.74, 6) is -0.0779. The van der Waals surface area contributed by atoms with Crippen LogP contribution < -0.4 is 4.90 Å². The summed E-state index contributed by atoms with van der Waals surface area (Å²) in [6.07, 6.45) is 1.69. The van der Waals surface area contributed by atoms with Crippen molar-refractivity contribution in [2.75, 3.05) is 10.7 Å². The van der Waals surface area contributed by atoms with E-state index in [1.165, 1.54) is 18.3 Å². The molecule has 0 bridgehead atoms. The number of nitrogens with zero attached hydrogens (tertiary/aromatic N) is 3. The average molecular weight is 436 g/mol. The van der Waals surface area contributed by atoms with Crippen molar-refractivity contribution in [1.82, 2.24) is 9.97 Å². The van der Waals surface area contributed by atoms with Crippen LogP contribution in [0.25, 0.3) is 10.2 Å². The first-order valence-electron chi connectivity index (χ1n) is 7.42. The molecule has 5 nitrogen and oxygen atoms in total. The maximum atomic E-state index is 12.7. The van der Waals surface area contributed by atoms with Gasteiger partial charge in [-0.2, -0.15) is 0 Å². The highest BCUT2D eigenvalue weighted by Gasteiger charge is 2.21.